The van der Waals surface area contributed by atoms with Crippen LogP contribution in [-0.4, -0.2) is 33.3 Å². The van der Waals surface area contributed by atoms with Gasteiger partial charge in [-0.1, -0.05) is 6.07 Å². The summed E-state index contributed by atoms with van der Waals surface area (Å²) in [7, 11) is 1.78. The van der Waals surface area contributed by atoms with Crippen molar-refractivity contribution in [3.8, 4) is 0 Å². The molecule has 0 spiro atoms. The highest BCUT2D eigenvalue weighted by Crippen LogP contribution is 2.33. The van der Waals surface area contributed by atoms with Crippen molar-refractivity contribution in [3.63, 3.8) is 0 Å². The third-order valence-electron chi connectivity index (χ3n) is 4.61. The minimum atomic E-state index is -4.43. The number of hydrogen-bond donors (Lipinski definition) is 1. The molecular formula is C18H16F3N5O. The number of anilines is 2. The summed E-state index contributed by atoms with van der Waals surface area (Å²) in [5, 5.41) is 7.77. The van der Waals surface area contributed by atoms with Crippen molar-refractivity contribution in [2.75, 3.05) is 16.8 Å². The average molecular weight is 375 g/mol. The number of carbonyl (C=O) groups excluding carboxylic acids is 1. The van der Waals surface area contributed by atoms with Crippen molar-refractivity contribution in [2.24, 2.45) is 7.05 Å². The van der Waals surface area contributed by atoms with Crippen LogP contribution in [0, 0.1) is 0 Å². The van der Waals surface area contributed by atoms with E-state index in [1.165, 1.54) is 12.3 Å². The van der Waals surface area contributed by atoms with Crippen LogP contribution in [0.4, 0.5) is 24.5 Å². The van der Waals surface area contributed by atoms with Gasteiger partial charge in [0.25, 0.3) is 0 Å². The second-order valence-corrected chi connectivity index (χ2v) is 6.44. The number of benzene rings is 1. The van der Waals surface area contributed by atoms with Gasteiger partial charge in [0.2, 0.25) is 5.91 Å². The number of rotatable bonds is 3. The van der Waals surface area contributed by atoms with Crippen molar-refractivity contribution in [3.05, 3.63) is 48.4 Å². The molecule has 3 aromatic rings. The zero-order valence-corrected chi connectivity index (χ0v) is 14.4. The van der Waals surface area contributed by atoms with Crippen molar-refractivity contribution in [2.45, 2.75) is 18.6 Å². The maximum absolute atomic E-state index is 12.9. The van der Waals surface area contributed by atoms with Gasteiger partial charge in [-0.05, 0) is 24.6 Å². The number of pyridine rings is 1. The van der Waals surface area contributed by atoms with Crippen molar-refractivity contribution in [1.29, 1.82) is 0 Å². The number of aromatic nitrogens is 3. The molecule has 1 saturated heterocycles. The van der Waals surface area contributed by atoms with Gasteiger partial charge in [-0.25, -0.2) is 0 Å². The van der Waals surface area contributed by atoms with E-state index in [-0.39, 0.29) is 11.4 Å². The summed E-state index contributed by atoms with van der Waals surface area (Å²) >= 11 is 0. The van der Waals surface area contributed by atoms with Crippen LogP contribution < -0.4 is 10.2 Å². The van der Waals surface area contributed by atoms with E-state index in [1.807, 2.05) is 0 Å². The molecule has 1 N–H and O–H groups in total. The molecule has 4 rings (SSSR count). The van der Waals surface area contributed by atoms with Crippen LogP contribution in [0.2, 0.25) is 0 Å². The molecule has 1 unspecified atom stereocenters. The summed E-state index contributed by atoms with van der Waals surface area (Å²) in [5.74, 6) is -0.0973. The van der Waals surface area contributed by atoms with Gasteiger partial charge in [0.15, 0.2) is 0 Å². The molecule has 27 heavy (non-hydrogen) atoms. The summed E-state index contributed by atoms with van der Waals surface area (Å²) in [6.07, 6.45) is 0.980. The molecule has 1 atom stereocenters. The molecule has 140 valence electrons. The Morgan fingerprint density at radius 3 is 2.78 bits per heavy atom. The monoisotopic (exact) mass is 375 g/mol. The second kappa shape index (κ2) is 6.26. The molecule has 0 radical (unpaired) electrons. The fourth-order valence-electron chi connectivity index (χ4n) is 3.26. The predicted octanol–water partition coefficient (Wildman–Crippen LogP) is 3.20. The Bertz CT molecular complexity index is 1010. The van der Waals surface area contributed by atoms with Gasteiger partial charge in [-0.2, -0.15) is 18.3 Å². The number of aryl methyl sites for hydroxylation is 1. The fraction of sp³-hybridized carbons (Fsp3) is 0.278. The van der Waals surface area contributed by atoms with Gasteiger partial charge < -0.3 is 10.2 Å². The lowest BCUT2D eigenvalue weighted by atomic mass is 10.1. The highest BCUT2D eigenvalue weighted by molar-refractivity contribution is 6.02. The smallest absolute Gasteiger partial charge is 0.373 e. The minimum absolute atomic E-state index is 0.0973. The molecule has 6 nitrogen and oxygen atoms in total. The lowest BCUT2D eigenvalue weighted by Crippen LogP contribution is -2.33. The third-order valence-corrected chi connectivity index (χ3v) is 4.61. The molecule has 2 aromatic heterocycles. The molecule has 3 heterocycles. The van der Waals surface area contributed by atoms with E-state index in [0.29, 0.717) is 24.0 Å². The van der Waals surface area contributed by atoms with Crippen LogP contribution in [0.5, 0.6) is 0 Å². The Morgan fingerprint density at radius 2 is 2.07 bits per heavy atom. The lowest BCUT2D eigenvalue weighted by molar-refractivity contribution is -0.137. The first-order valence-corrected chi connectivity index (χ1v) is 8.35. The van der Waals surface area contributed by atoms with Gasteiger partial charge in [0.05, 0.1) is 23.0 Å². The van der Waals surface area contributed by atoms with Crippen LogP contribution in [0.3, 0.4) is 0 Å². The van der Waals surface area contributed by atoms with Crippen molar-refractivity contribution >= 4 is 28.2 Å². The first-order chi connectivity index (χ1) is 12.8. The SMILES string of the molecule is Cn1cc(N2CCC(Nc3ccnc4cc(C(F)(F)F)ccc34)C2=O)cn1. The van der Waals surface area contributed by atoms with E-state index in [2.05, 4.69) is 15.4 Å². The molecule has 0 bridgehead atoms. The molecule has 9 heteroatoms. The third kappa shape index (κ3) is 3.20. The van der Waals surface area contributed by atoms with Crippen molar-refractivity contribution < 1.29 is 18.0 Å². The van der Waals surface area contributed by atoms with E-state index in [4.69, 9.17) is 0 Å². The van der Waals surface area contributed by atoms with Gasteiger partial charge in [0.1, 0.15) is 6.04 Å². The zero-order chi connectivity index (χ0) is 19.2. The fourth-order valence-corrected chi connectivity index (χ4v) is 3.26. The lowest BCUT2D eigenvalue weighted by Gasteiger charge is -2.17. The van der Waals surface area contributed by atoms with E-state index >= 15 is 0 Å². The van der Waals surface area contributed by atoms with Crippen LogP contribution in [-0.2, 0) is 18.0 Å². The largest absolute Gasteiger partial charge is 0.416 e. The quantitative estimate of drug-likeness (QED) is 0.764. The van der Waals surface area contributed by atoms with Crippen LogP contribution in [0.15, 0.2) is 42.9 Å². The average Bonchev–Trinajstić information content (AvgIpc) is 3.20. The summed E-state index contributed by atoms with van der Waals surface area (Å²) in [6.45, 7) is 0.545. The van der Waals surface area contributed by atoms with Gasteiger partial charge in [-0.15, -0.1) is 0 Å². The van der Waals surface area contributed by atoms with Crippen LogP contribution >= 0.6 is 0 Å². The molecule has 1 amide bonds. The number of nitrogens with zero attached hydrogens (tertiary/aromatic N) is 4. The Labute approximate surface area is 152 Å². The normalized spacial score (nSPS) is 17.7. The maximum atomic E-state index is 12.9. The number of fused-ring (bicyclic) bond motifs is 1. The summed E-state index contributed by atoms with van der Waals surface area (Å²) < 4.78 is 40.3. The number of carbonyl (C=O) groups is 1. The van der Waals surface area contributed by atoms with Gasteiger partial charge >= 0.3 is 6.18 Å². The number of amides is 1. The van der Waals surface area contributed by atoms with E-state index < -0.39 is 17.8 Å². The predicted molar refractivity (Wildman–Crippen MR) is 94.3 cm³/mol. The molecule has 1 fully saturated rings. The zero-order valence-electron chi connectivity index (χ0n) is 14.4. The Hall–Kier alpha value is -3.10. The maximum Gasteiger partial charge on any atom is 0.416 e. The molecular weight excluding hydrogens is 359 g/mol. The second-order valence-electron chi connectivity index (χ2n) is 6.44. The Morgan fingerprint density at radius 1 is 1.26 bits per heavy atom. The first kappa shape index (κ1) is 17.3. The summed E-state index contributed by atoms with van der Waals surface area (Å²) in [5.41, 5.74) is 0.782. The number of hydrogen-bond acceptors (Lipinski definition) is 4. The first-order valence-electron chi connectivity index (χ1n) is 8.35. The van der Waals surface area contributed by atoms with Gasteiger partial charge in [0, 0.05) is 37.1 Å². The van der Waals surface area contributed by atoms with Gasteiger partial charge in [-0.3, -0.25) is 14.5 Å². The Kier molecular flexibility index (Phi) is 4.01. The van der Waals surface area contributed by atoms with Crippen molar-refractivity contribution in [1.82, 2.24) is 14.8 Å². The number of nitrogens with one attached hydrogen (secondary N) is 1. The van der Waals surface area contributed by atoms with E-state index in [1.54, 1.807) is 35.1 Å². The Balaban J connectivity index is 1.59. The van der Waals surface area contributed by atoms with E-state index in [0.717, 1.165) is 17.8 Å². The van der Waals surface area contributed by atoms with Crippen LogP contribution in [0.25, 0.3) is 10.9 Å². The van der Waals surface area contributed by atoms with E-state index in [9.17, 15) is 18.0 Å². The molecule has 1 aromatic carbocycles. The summed E-state index contributed by atoms with van der Waals surface area (Å²) in [6, 6.07) is 4.62. The highest BCUT2D eigenvalue weighted by Gasteiger charge is 2.34. The number of alkyl halides is 3. The molecule has 0 aliphatic carbocycles. The van der Waals surface area contributed by atoms with Crippen LogP contribution in [0.1, 0.15) is 12.0 Å². The number of halogens is 3. The molecule has 1 aliphatic rings. The molecule has 0 saturated carbocycles. The standard InChI is InChI=1S/C18H16F3N5O/c1-25-10-12(9-23-25)26-7-5-15(17(26)27)24-14-4-6-22-16-8-11(18(19,20)21)2-3-13(14)16/h2-4,6,8-10,15H,5,7H2,1H3,(H,22,24). The summed E-state index contributed by atoms with van der Waals surface area (Å²) in [4.78, 5) is 18.4. The minimum Gasteiger partial charge on any atom is -0.373 e. The highest BCUT2D eigenvalue weighted by atomic mass is 19.4. The topological polar surface area (TPSA) is 63.1 Å². The molecule has 1 aliphatic heterocycles.